The van der Waals surface area contributed by atoms with Crippen molar-refractivity contribution in [1.29, 1.82) is 0 Å². The van der Waals surface area contributed by atoms with Crippen LogP contribution in [0.2, 0.25) is 0 Å². The maximum atomic E-state index is 14.5. The van der Waals surface area contributed by atoms with Crippen molar-refractivity contribution in [2.45, 2.75) is 99.3 Å². The van der Waals surface area contributed by atoms with Gasteiger partial charge in [-0.25, -0.2) is 0 Å². The Balaban J connectivity index is 0.00000840. The van der Waals surface area contributed by atoms with Gasteiger partial charge in [0.1, 0.15) is 18.8 Å². The summed E-state index contributed by atoms with van der Waals surface area (Å²) in [5.41, 5.74) is -2.55. The first-order chi connectivity index (χ1) is 18.1. The van der Waals surface area contributed by atoms with Crippen molar-refractivity contribution >= 4 is 24.9 Å². The molecule has 0 saturated carbocycles. The normalized spacial score (nSPS) is 23.7. The summed E-state index contributed by atoms with van der Waals surface area (Å²) in [6.07, 6.45) is -6.76. The summed E-state index contributed by atoms with van der Waals surface area (Å²) < 4.78 is 71.4. The summed E-state index contributed by atoms with van der Waals surface area (Å²) in [5, 5.41) is 0. The molecule has 0 unspecified atom stereocenters. The topological polar surface area (TPSA) is 97.4 Å². The number of hydrogen-bond acceptors (Lipinski definition) is 8. The number of rotatable bonds is 8. The molecule has 5 atom stereocenters. The average molecular weight is 613 g/mol. The van der Waals surface area contributed by atoms with Crippen molar-refractivity contribution in [3.63, 3.8) is 0 Å². The largest absolute Gasteiger partial charge is 1.00 e. The molecule has 0 N–H and O–H groups in total. The minimum atomic E-state index is -5.73. The Morgan fingerprint density at radius 3 is 1.66 bits per heavy atom. The van der Waals surface area contributed by atoms with E-state index in [0.29, 0.717) is 5.56 Å². The van der Waals surface area contributed by atoms with Crippen LogP contribution in [0, 0.1) is 16.2 Å². The molecular weight excluding hydrogens is 571 g/mol. The number of carbonyl (C=O) groups excluding carboxylic acids is 3. The predicted octanol–water partition coefficient (Wildman–Crippen LogP) is 2.23. The molecule has 1 aromatic carbocycles. The van der Waals surface area contributed by atoms with Gasteiger partial charge in [0.25, 0.3) is 0 Å². The van der Waals surface area contributed by atoms with Crippen molar-refractivity contribution in [1.82, 2.24) is 0 Å². The van der Waals surface area contributed by atoms with Gasteiger partial charge < -0.3 is 36.6 Å². The number of esters is 3. The molecule has 41 heavy (non-hydrogen) atoms. The maximum absolute atomic E-state index is 14.5. The summed E-state index contributed by atoms with van der Waals surface area (Å²) in [5.74, 6) is -2.30. The Hall–Kier alpha value is -0.959. The fraction of sp³-hybridized carbons (Fsp3) is 0.679. The molecule has 2 rings (SSSR count). The van der Waals surface area contributed by atoms with Gasteiger partial charge in [0.2, 0.25) is 0 Å². The van der Waals surface area contributed by atoms with Gasteiger partial charge in [-0.15, -0.1) is 0 Å². The van der Waals surface area contributed by atoms with Gasteiger partial charge in [-0.2, -0.15) is 0 Å². The molecular formula is C28H41BF3KO8. The molecule has 1 fully saturated rings. The zero-order valence-electron chi connectivity index (χ0n) is 25.7. The van der Waals surface area contributed by atoms with Crippen molar-refractivity contribution in [2.75, 3.05) is 6.61 Å². The monoisotopic (exact) mass is 612 g/mol. The summed E-state index contributed by atoms with van der Waals surface area (Å²) in [7, 11) is 0. The van der Waals surface area contributed by atoms with E-state index >= 15 is 0 Å². The number of halogens is 3. The molecule has 1 aromatic rings. The van der Waals surface area contributed by atoms with E-state index in [1.165, 1.54) is 0 Å². The summed E-state index contributed by atoms with van der Waals surface area (Å²) in [6, 6.07) is 5.95. The third-order valence-corrected chi connectivity index (χ3v) is 6.03. The van der Waals surface area contributed by atoms with Gasteiger partial charge in [0.05, 0.1) is 28.9 Å². The molecule has 0 bridgehead atoms. The van der Waals surface area contributed by atoms with E-state index in [4.69, 9.17) is 23.7 Å². The molecule has 1 heterocycles. The number of carbonyl (C=O) groups is 3. The van der Waals surface area contributed by atoms with E-state index in [1.807, 2.05) is 0 Å². The molecule has 226 valence electrons. The van der Waals surface area contributed by atoms with Crippen molar-refractivity contribution in [3.05, 3.63) is 35.9 Å². The SMILES string of the molecule is CC(C)(C)C(=O)OC[C@H]1O[C@@H]([B-](F)(F)F)[C@H](OCc2ccccc2)[C@@H](OC(=O)C(C)(C)C)[C@@H]1OC(=O)C(C)(C)C.[K+]. The Labute approximate surface area is 283 Å². The second-order valence-electron chi connectivity index (χ2n) is 13.1. The van der Waals surface area contributed by atoms with Crippen LogP contribution in [0.25, 0.3) is 0 Å². The molecule has 0 spiro atoms. The van der Waals surface area contributed by atoms with E-state index < -0.39 is 78.2 Å². The predicted molar refractivity (Wildman–Crippen MR) is 142 cm³/mol. The quantitative estimate of drug-likeness (QED) is 0.251. The minimum absolute atomic E-state index is 0. The molecule has 0 amide bonds. The van der Waals surface area contributed by atoms with Crippen LogP contribution in [-0.4, -0.2) is 61.9 Å². The van der Waals surface area contributed by atoms with E-state index in [9.17, 15) is 27.3 Å². The fourth-order valence-electron chi connectivity index (χ4n) is 3.59. The first-order valence-corrected chi connectivity index (χ1v) is 13.2. The zero-order valence-corrected chi connectivity index (χ0v) is 28.8. The Morgan fingerprint density at radius 1 is 0.756 bits per heavy atom. The molecule has 0 radical (unpaired) electrons. The van der Waals surface area contributed by atoms with E-state index in [0.717, 1.165) is 0 Å². The standard InChI is InChI=1S/C28H41BF3O8.K/c1-26(2,3)23(33)37-16-18-19(39-24(34)27(4,5)6)20(40-25(35)28(7,8)9)21(22(38-18)29(30,31)32)36-15-17-13-11-10-12-14-17;/h10-14,18-22H,15-16H2,1-9H3;/q-1;+1/t18-,19-,20+,21-,22-;/m1./s1. The maximum Gasteiger partial charge on any atom is 1.00 e. The van der Waals surface area contributed by atoms with E-state index in [1.54, 1.807) is 92.6 Å². The minimum Gasteiger partial charge on any atom is -0.462 e. The fourth-order valence-corrected chi connectivity index (χ4v) is 3.59. The molecule has 1 aliphatic heterocycles. The molecule has 0 aliphatic carbocycles. The van der Waals surface area contributed by atoms with Crippen molar-refractivity contribution in [3.8, 4) is 0 Å². The molecule has 13 heteroatoms. The first kappa shape index (κ1) is 38.1. The Kier molecular flexibility index (Phi) is 13.6. The van der Waals surface area contributed by atoms with Crippen LogP contribution in [0.4, 0.5) is 12.9 Å². The van der Waals surface area contributed by atoms with Crippen molar-refractivity contribution in [2.24, 2.45) is 16.2 Å². The van der Waals surface area contributed by atoms with Gasteiger partial charge in [0, 0.05) is 0 Å². The second-order valence-corrected chi connectivity index (χ2v) is 13.1. The van der Waals surface area contributed by atoms with Crippen molar-refractivity contribution < 1.29 is 102 Å². The third kappa shape index (κ3) is 11.2. The average Bonchev–Trinajstić information content (AvgIpc) is 2.80. The van der Waals surface area contributed by atoms with Crippen LogP contribution in [-0.2, 0) is 44.7 Å². The number of hydrogen-bond donors (Lipinski definition) is 0. The molecule has 1 saturated heterocycles. The first-order valence-electron chi connectivity index (χ1n) is 13.2. The van der Waals surface area contributed by atoms with Gasteiger partial charge in [-0.05, 0) is 67.9 Å². The Bertz CT molecular complexity index is 1030. The van der Waals surface area contributed by atoms with Gasteiger partial charge in [0.15, 0.2) is 12.2 Å². The summed E-state index contributed by atoms with van der Waals surface area (Å²) in [6.45, 7) is 7.39. The number of ether oxygens (including phenoxy) is 5. The third-order valence-electron chi connectivity index (χ3n) is 6.03. The van der Waals surface area contributed by atoms with Crippen LogP contribution in [0.15, 0.2) is 30.3 Å². The molecule has 0 aromatic heterocycles. The summed E-state index contributed by atoms with van der Waals surface area (Å²) >= 11 is 0. The van der Waals surface area contributed by atoms with Gasteiger partial charge >= 0.3 is 76.3 Å². The summed E-state index contributed by atoms with van der Waals surface area (Å²) in [4.78, 5) is 38.5. The molecule has 8 nitrogen and oxygen atoms in total. The Morgan fingerprint density at radius 2 is 1.22 bits per heavy atom. The van der Waals surface area contributed by atoms with Crippen LogP contribution in [0.5, 0.6) is 0 Å². The van der Waals surface area contributed by atoms with Crippen LogP contribution >= 0.6 is 0 Å². The van der Waals surface area contributed by atoms with Crippen LogP contribution in [0.3, 0.4) is 0 Å². The van der Waals surface area contributed by atoms with E-state index in [-0.39, 0.29) is 58.0 Å². The second kappa shape index (κ2) is 14.7. The van der Waals surface area contributed by atoms with E-state index in [2.05, 4.69) is 0 Å². The number of benzene rings is 1. The zero-order chi connectivity index (χ0) is 30.7. The molecule has 1 aliphatic rings. The smallest absolute Gasteiger partial charge is 0.462 e. The van der Waals surface area contributed by atoms with Crippen LogP contribution in [0.1, 0.15) is 67.9 Å². The van der Waals surface area contributed by atoms with Gasteiger partial charge in [-0.1, -0.05) is 30.3 Å². The van der Waals surface area contributed by atoms with Gasteiger partial charge in [-0.3, -0.25) is 14.4 Å². The van der Waals surface area contributed by atoms with Crippen LogP contribution < -0.4 is 51.4 Å².